The second kappa shape index (κ2) is 3.70. The molecule has 0 aliphatic carbocycles. The standard InChI is InChI=1S/C12H11BrN2O/c13-8-3-4-11-10(6-8)12(16)15-5-1-2-9(15)7-14-11/h3-4,6-7,9H,1-2,5H2/t9-/m0/s1. The Morgan fingerprint density at radius 3 is 3.19 bits per heavy atom. The summed E-state index contributed by atoms with van der Waals surface area (Å²) in [4.78, 5) is 18.6. The van der Waals surface area contributed by atoms with E-state index in [0.29, 0.717) is 5.56 Å². The molecule has 1 atom stereocenters. The SMILES string of the molecule is O=C1c2cc(Br)ccc2N=C[C@@H]2CCCN12. The number of rotatable bonds is 0. The van der Waals surface area contributed by atoms with Gasteiger partial charge in [0.05, 0.1) is 17.3 Å². The fraction of sp³-hybridized carbons (Fsp3) is 0.333. The first-order chi connectivity index (χ1) is 7.75. The molecule has 4 heteroatoms. The molecule has 1 aromatic rings. The van der Waals surface area contributed by atoms with Gasteiger partial charge < -0.3 is 4.90 Å². The maximum Gasteiger partial charge on any atom is 0.256 e. The van der Waals surface area contributed by atoms with Gasteiger partial charge in [-0.05, 0) is 31.0 Å². The minimum absolute atomic E-state index is 0.108. The second-order valence-corrected chi connectivity index (χ2v) is 5.06. The van der Waals surface area contributed by atoms with Crippen molar-refractivity contribution in [3.05, 3.63) is 28.2 Å². The number of benzene rings is 1. The Morgan fingerprint density at radius 2 is 2.31 bits per heavy atom. The van der Waals surface area contributed by atoms with Gasteiger partial charge in [-0.1, -0.05) is 15.9 Å². The number of aliphatic imine (C=N–C) groups is 1. The average molecular weight is 279 g/mol. The molecule has 82 valence electrons. The van der Waals surface area contributed by atoms with Crippen LogP contribution in [-0.4, -0.2) is 29.6 Å². The van der Waals surface area contributed by atoms with E-state index < -0.39 is 0 Å². The first kappa shape index (κ1) is 10.0. The van der Waals surface area contributed by atoms with Gasteiger partial charge >= 0.3 is 0 Å². The van der Waals surface area contributed by atoms with Gasteiger partial charge in [0.15, 0.2) is 0 Å². The van der Waals surface area contributed by atoms with Crippen LogP contribution in [-0.2, 0) is 0 Å². The fourth-order valence-electron chi connectivity index (χ4n) is 2.31. The van der Waals surface area contributed by atoms with Gasteiger partial charge in [0.1, 0.15) is 0 Å². The molecule has 0 radical (unpaired) electrons. The van der Waals surface area contributed by atoms with Gasteiger partial charge in [-0.25, -0.2) is 0 Å². The van der Waals surface area contributed by atoms with Crippen LogP contribution in [0.2, 0.25) is 0 Å². The zero-order valence-electron chi connectivity index (χ0n) is 8.69. The number of amides is 1. The van der Waals surface area contributed by atoms with Gasteiger partial charge in [-0.3, -0.25) is 9.79 Å². The molecular weight excluding hydrogens is 268 g/mol. The van der Waals surface area contributed by atoms with E-state index in [4.69, 9.17) is 0 Å². The number of carbonyl (C=O) groups is 1. The first-order valence-corrected chi connectivity index (χ1v) is 6.20. The average Bonchev–Trinajstić information content (AvgIpc) is 2.70. The summed E-state index contributed by atoms with van der Waals surface area (Å²) in [5.74, 6) is 0.108. The normalized spacial score (nSPS) is 22.9. The van der Waals surface area contributed by atoms with Crippen molar-refractivity contribution in [1.29, 1.82) is 0 Å². The van der Waals surface area contributed by atoms with Crippen molar-refractivity contribution in [3.63, 3.8) is 0 Å². The summed E-state index contributed by atoms with van der Waals surface area (Å²) in [6.07, 6.45) is 4.01. The summed E-state index contributed by atoms with van der Waals surface area (Å²) >= 11 is 3.39. The van der Waals surface area contributed by atoms with Crippen molar-refractivity contribution in [2.24, 2.45) is 4.99 Å². The smallest absolute Gasteiger partial charge is 0.256 e. The molecule has 2 aliphatic rings. The molecule has 1 aromatic carbocycles. The van der Waals surface area contributed by atoms with Crippen LogP contribution in [0, 0.1) is 0 Å². The molecule has 3 rings (SSSR count). The molecule has 1 amide bonds. The predicted molar refractivity (Wildman–Crippen MR) is 66.4 cm³/mol. The summed E-state index contributed by atoms with van der Waals surface area (Å²) in [7, 11) is 0. The number of fused-ring (bicyclic) bond motifs is 2. The van der Waals surface area contributed by atoms with Gasteiger partial charge in [0, 0.05) is 17.2 Å². The summed E-state index contributed by atoms with van der Waals surface area (Å²) in [6, 6.07) is 5.85. The highest BCUT2D eigenvalue weighted by molar-refractivity contribution is 9.10. The van der Waals surface area contributed by atoms with Crippen LogP contribution in [0.15, 0.2) is 27.7 Å². The molecule has 0 spiro atoms. The molecule has 1 fully saturated rings. The third-order valence-electron chi connectivity index (χ3n) is 3.13. The van der Waals surface area contributed by atoms with E-state index in [1.807, 2.05) is 29.3 Å². The maximum absolute atomic E-state index is 12.3. The summed E-state index contributed by atoms with van der Waals surface area (Å²) in [6.45, 7) is 0.849. The minimum atomic E-state index is 0.108. The first-order valence-electron chi connectivity index (χ1n) is 5.40. The number of nitrogens with zero attached hydrogens (tertiary/aromatic N) is 2. The zero-order valence-corrected chi connectivity index (χ0v) is 10.3. The van der Waals surface area contributed by atoms with Gasteiger partial charge in [-0.15, -0.1) is 0 Å². The Balaban J connectivity index is 2.12. The van der Waals surface area contributed by atoms with Crippen molar-refractivity contribution in [2.75, 3.05) is 6.54 Å². The lowest BCUT2D eigenvalue weighted by Gasteiger charge is -2.19. The Hall–Kier alpha value is -1.16. The minimum Gasteiger partial charge on any atom is -0.331 e. The van der Waals surface area contributed by atoms with Crippen molar-refractivity contribution >= 4 is 33.7 Å². The third-order valence-corrected chi connectivity index (χ3v) is 3.63. The molecular formula is C12H11BrN2O. The summed E-state index contributed by atoms with van der Waals surface area (Å²) < 4.78 is 0.924. The van der Waals surface area contributed by atoms with Crippen LogP contribution in [0.3, 0.4) is 0 Å². The monoisotopic (exact) mass is 278 g/mol. The lowest BCUT2D eigenvalue weighted by molar-refractivity contribution is 0.0775. The molecule has 16 heavy (non-hydrogen) atoms. The van der Waals surface area contributed by atoms with Crippen molar-refractivity contribution < 1.29 is 4.79 Å². The highest BCUT2D eigenvalue weighted by atomic mass is 79.9. The van der Waals surface area contributed by atoms with Gasteiger partial charge in [0.25, 0.3) is 5.91 Å². The van der Waals surface area contributed by atoms with E-state index in [-0.39, 0.29) is 11.9 Å². The van der Waals surface area contributed by atoms with Crippen molar-refractivity contribution in [3.8, 4) is 0 Å². The van der Waals surface area contributed by atoms with Crippen LogP contribution < -0.4 is 0 Å². The molecule has 0 aromatic heterocycles. The lowest BCUT2D eigenvalue weighted by atomic mass is 10.1. The van der Waals surface area contributed by atoms with Crippen molar-refractivity contribution in [2.45, 2.75) is 18.9 Å². The Labute approximate surface area is 102 Å². The molecule has 2 heterocycles. The lowest BCUT2D eigenvalue weighted by Crippen LogP contribution is -2.35. The molecule has 0 N–H and O–H groups in total. The Morgan fingerprint density at radius 1 is 1.44 bits per heavy atom. The van der Waals surface area contributed by atoms with Crippen LogP contribution >= 0.6 is 15.9 Å². The van der Waals surface area contributed by atoms with Crippen LogP contribution in [0.5, 0.6) is 0 Å². The number of halogens is 1. The van der Waals surface area contributed by atoms with Crippen LogP contribution in [0.1, 0.15) is 23.2 Å². The fourth-order valence-corrected chi connectivity index (χ4v) is 2.67. The highest BCUT2D eigenvalue weighted by Crippen LogP contribution is 2.30. The molecule has 2 aliphatic heterocycles. The summed E-state index contributed by atoms with van der Waals surface area (Å²) in [5, 5.41) is 0. The van der Waals surface area contributed by atoms with Crippen LogP contribution in [0.4, 0.5) is 5.69 Å². The van der Waals surface area contributed by atoms with Gasteiger partial charge in [-0.2, -0.15) is 0 Å². The second-order valence-electron chi connectivity index (χ2n) is 4.15. The van der Waals surface area contributed by atoms with E-state index in [9.17, 15) is 4.79 Å². The van der Waals surface area contributed by atoms with E-state index >= 15 is 0 Å². The number of hydrogen-bond donors (Lipinski definition) is 0. The summed E-state index contributed by atoms with van der Waals surface area (Å²) in [5.41, 5.74) is 1.48. The molecule has 0 unspecified atom stereocenters. The topological polar surface area (TPSA) is 32.7 Å². The quantitative estimate of drug-likeness (QED) is 0.718. The van der Waals surface area contributed by atoms with E-state index in [1.165, 1.54) is 0 Å². The highest BCUT2D eigenvalue weighted by Gasteiger charge is 2.31. The van der Waals surface area contributed by atoms with E-state index in [1.54, 1.807) is 0 Å². The largest absolute Gasteiger partial charge is 0.331 e. The van der Waals surface area contributed by atoms with Gasteiger partial charge in [0.2, 0.25) is 0 Å². The maximum atomic E-state index is 12.3. The van der Waals surface area contributed by atoms with E-state index in [2.05, 4.69) is 20.9 Å². The van der Waals surface area contributed by atoms with E-state index in [0.717, 1.165) is 29.5 Å². The predicted octanol–water partition coefficient (Wildman–Crippen LogP) is 2.77. The molecule has 0 bridgehead atoms. The molecule has 3 nitrogen and oxygen atoms in total. The number of hydrogen-bond acceptors (Lipinski definition) is 2. The molecule has 1 saturated heterocycles. The Kier molecular flexibility index (Phi) is 2.32. The number of carbonyl (C=O) groups excluding carboxylic acids is 1. The Bertz CT molecular complexity index is 484. The van der Waals surface area contributed by atoms with Crippen molar-refractivity contribution in [1.82, 2.24) is 4.90 Å². The van der Waals surface area contributed by atoms with Crippen LogP contribution in [0.25, 0.3) is 0 Å². The molecule has 0 saturated carbocycles. The third kappa shape index (κ3) is 1.48. The zero-order chi connectivity index (χ0) is 11.1.